The summed E-state index contributed by atoms with van der Waals surface area (Å²) in [7, 11) is -3.56. The summed E-state index contributed by atoms with van der Waals surface area (Å²) in [6.45, 7) is -0.234. The van der Waals surface area contributed by atoms with Gasteiger partial charge in [0.1, 0.15) is 35.5 Å². The molecule has 1 fully saturated rings. The maximum atomic E-state index is 14.2. The molecule has 7 nitrogen and oxygen atoms in total. The minimum Gasteiger partial charge on any atom is -0.487 e. The average molecular weight is 608 g/mol. The van der Waals surface area contributed by atoms with Gasteiger partial charge in [0.15, 0.2) is 0 Å². The lowest BCUT2D eigenvalue weighted by Gasteiger charge is -2.12. The number of carbonyl (C=O) groups is 1. The number of benzene rings is 2. The quantitative estimate of drug-likeness (QED) is 0.214. The summed E-state index contributed by atoms with van der Waals surface area (Å²) in [5, 5.41) is 2.94. The number of amides is 1. The Kier molecular flexibility index (Phi) is 7.76. The van der Waals surface area contributed by atoms with E-state index in [9.17, 15) is 26.4 Å². The minimum absolute atomic E-state index is 0.0580. The van der Waals surface area contributed by atoms with E-state index < -0.39 is 33.4 Å². The number of hydrogen-bond donors (Lipinski definition) is 2. The third-order valence-corrected chi connectivity index (χ3v) is 7.90. The van der Waals surface area contributed by atoms with Crippen LogP contribution in [0.15, 0.2) is 54.7 Å². The second-order valence-electron chi connectivity index (χ2n) is 9.29. The zero-order valence-electron chi connectivity index (χ0n) is 20.8. The fraction of sp³-hybridized carbons (Fsp3) is 0.185. The molecule has 0 spiro atoms. The third-order valence-electron chi connectivity index (χ3n) is 5.78. The molecule has 1 aliphatic carbocycles. The van der Waals surface area contributed by atoms with Gasteiger partial charge in [0.25, 0.3) is 5.91 Å². The molecular formula is C27H21ClF3N3O4S2. The number of nitrogens with one attached hydrogen (secondary N) is 2. The van der Waals surface area contributed by atoms with E-state index in [4.69, 9.17) is 16.3 Å². The second-order valence-corrected chi connectivity index (χ2v) is 12.6. The highest BCUT2D eigenvalue weighted by atomic mass is 35.5. The first-order valence-electron chi connectivity index (χ1n) is 11.9. The van der Waals surface area contributed by atoms with Gasteiger partial charge in [0.05, 0.1) is 23.0 Å². The minimum atomic E-state index is -3.56. The summed E-state index contributed by atoms with van der Waals surface area (Å²) in [5.41, 5.74) is 1.55. The predicted molar refractivity (Wildman–Crippen MR) is 148 cm³/mol. The van der Waals surface area contributed by atoms with Crippen LogP contribution in [0.3, 0.4) is 0 Å². The van der Waals surface area contributed by atoms with Crippen LogP contribution in [0.2, 0.25) is 5.02 Å². The van der Waals surface area contributed by atoms with E-state index in [0.29, 0.717) is 10.4 Å². The maximum absolute atomic E-state index is 14.2. The van der Waals surface area contributed by atoms with Crippen molar-refractivity contribution < 1.29 is 31.1 Å². The number of carbonyl (C=O) groups excluding carboxylic acids is 1. The molecule has 2 heterocycles. The van der Waals surface area contributed by atoms with Crippen molar-refractivity contribution in [2.24, 2.45) is 0 Å². The monoisotopic (exact) mass is 607 g/mol. The Hall–Kier alpha value is -3.61. The van der Waals surface area contributed by atoms with Gasteiger partial charge in [-0.05, 0) is 60.7 Å². The molecule has 2 aromatic heterocycles. The van der Waals surface area contributed by atoms with Gasteiger partial charge < -0.3 is 10.1 Å². The molecule has 40 heavy (non-hydrogen) atoms. The number of aromatic nitrogens is 1. The summed E-state index contributed by atoms with van der Waals surface area (Å²) in [6, 6.07) is 10.1. The first-order valence-corrected chi connectivity index (χ1v) is 15.0. The van der Waals surface area contributed by atoms with Gasteiger partial charge in [0.2, 0.25) is 10.0 Å². The van der Waals surface area contributed by atoms with E-state index in [1.54, 1.807) is 6.07 Å². The number of rotatable bonds is 9. The van der Waals surface area contributed by atoms with Crippen molar-refractivity contribution in [2.45, 2.75) is 25.4 Å². The van der Waals surface area contributed by atoms with Crippen LogP contribution in [0.1, 0.15) is 38.9 Å². The molecule has 0 radical (unpaired) electrons. The Morgan fingerprint density at radius 1 is 1.02 bits per heavy atom. The first-order chi connectivity index (χ1) is 18.9. The van der Waals surface area contributed by atoms with Crippen molar-refractivity contribution in [1.29, 1.82) is 0 Å². The summed E-state index contributed by atoms with van der Waals surface area (Å²) in [4.78, 5) is 18.6. The van der Waals surface area contributed by atoms with E-state index in [2.05, 4.69) is 15.0 Å². The van der Waals surface area contributed by atoms with E-state index >= 15 is 0 Å². The fourth-order valence-corrected chi connectivity index (χ4v) is 6.07. The highest BCUT2D eigenvalue weighted by molar-refractivity contribution is 7.92. The van der Waals surface area contributed by atoms with E-state index in [1.165, 1.54) is 29.5 Å². The van der Waals surface area contributed by atoms with Crippen molar-refractivity contribution in [1.82, 2.24) is 4.98 Å². The molecule has 1 amide bonds. The molecule has 1 aliphatic rings. The molecule has 4 aromatic rings. The molecule has 1 saturated carbocycles. The normalized spacial score (nSPS) is 13.2. The Morgan fingerprint density at radius 3 is 2.40 bits per heavy atom. The van der Waals surface area contributed by atoms with Crippen LogP contribution in [0, 0.1) is 17.5 Å². The summed E-state index contributed by atoms with van der Waals surface area (Å²) >= 11 is 7.37. The van der Waals surface area contributed by atoms with Crippen molar-refractivity contribution >= 4 is 50.2 Å². The molecule has 208 valence electrons. The molecule has 2 aromatic carbocycles. The number of nitrogens with zero attached hydrogens (tertiary/aromatic N) is 1. The number of pyridine rings is 1. The van der Waals surface area contributed by atoms with E-state index in [0.717, 1.165) is 54.4 Å². The number of anilines is 2. The standard InChI is InChI=1S/C27H21ClF3N3O4S2/c1-40(36,37)34-21-7-16(28)6-20(10-21)33-27(35)24-11-22(26(39-24)15-2-3-15)25-23(9-19(31)12-32-25)38-13-14-4-17(29)8-18(30)5-14/h4-12,15,34H,2-3,13H2,1H3,(H,33,35). The third kappa shape index (κ3) is 6.93. The van der Waals surface area contributed by atoms with Gasteiger partial charge in [-0.25, -0.2) is 26.6 Å². The van der Waals surface area contributed by atoms with Crippen LogP contribution in [0.4, 0.5) is 24.5 Å². The Balaban J connectivity index is 1.44. The lowest BCUT2D eigenvalue weighted by Crippen LogP contribution is -2.12. The van der Waals surface area contributed by atoms with Gasteiger partial charge >= 0.3 is 0 Å². The molecule has 0 atom stereocenters. The number of halogens is 4. The molecule has 0 bridgehead atoms. The molecule has 0 unspecified atom stereocenters. The molecule has 0 saturated heterocycles. The maximum Gasteiger partial charge on any atom is 0.265 e. The average Bonchev–Trinajstić information content (AvgIpc) is 3.59. The molecule has 5 rings (SSSR count). The highest BCUT2D eigenvalue weighted by Crippen LogP contribution is 2.49. The van der Waals surface area contributed by atoms with Crippen LogP contribution in [0.5, 0.6) is 5.75 Å². The first kappa shape index (κ1) is 27.9. The van der Waals surface area contributed by atoms with Crippen LogP contribution in [-0.2, 0) is 16.6 Å². The second kappa shape index (κ2) is 11.1. The van der Waals surface area contributed by atoms with Crippen molar-refractivity contribution in [3.8, 4) is 17.0 Å². The van der Waals surface area contributed by atoms with E-state index in [1.807, 2.05) is 0 Å². The van der Waals surface area contributed by atoms with Crippen LogP contribution in [-0.4, -0.2) is 25.6 Å². The van der Waals surface area contributed by atoms with Gasteiger partial charge in [-0.15, -0.1) is 11.3 Å². The fourth-order valence-electron chi connectivity index (χ4n) is 4.07. The lowest BCUT2D eigenvalue weighted by molar-refractivity contribution is 0.103. The summed E-state index contributed by atoms with van der Waals surface area (Å²) < 4.78 is 72.7. The number of thiophene rings is 1. The number of sulfonamides is 1. The van der Waals surface area contributed by atoms with Crippen LogP contribution < -0.4 is 14.8 Å². The Labute approximate surface area is 237 Å². The lowest BCUT2D eigenvalue weighted by atomic mass is 10.1. The van der Waals surface area contributed by atoms with Crippen LogP contribution in [0.25, 0.3) is 11.3 Å². The molecule has 2 N–H and O–H groups in total. The molecule has 0 aliphatic heterocycles. The number of hydrogen-bond acceptors (Lipinski definition) is 6. The Morgan fingerprint density at radius 2 is 1.73 bits per heavy atom. The van der Waals surface area contributed by atoms with Gasteiger partial charge in [0, 0.05) is 33.3 Å². The van der Waals surface area contributed by atoms with Crippen molar-refractivity contribution in [3.05, 3.63) is 92.5 Å². The molecular weight excluding hydrogens is 587 g/mol. The highest BCUT2D eigenvalue weighted by Gasteiger charge is 2.31. The Bertz CT molecular complexity index is 1710. The van der Waals surface area contributed by atoms with E-state index in [-0.39, 0.29) is 45.9 Å². The molecule has 13 heteroatoms. The van der Waals surface area contributed by atoms with Crippen LogP contribution >= 0.6 is 22.9 Å². The zero-order valence-corrected chi connectivity index (χ0v) is 23.2. The van der Waals surface area contributed by atoms with Crippen molar-refractivity contribution in [3.63, 3.8) is 0 Å². The topological polar surface area (TPSA) is 97.4 Å². The van der Waals surface area contributed by atoms with Gasteiger partial charge in [-0.2, -0.15) is 0 Å². The van der Waals surface area contributed by atoms with Gasteiger partial charge in [-0.3, -0.25) is 9.52 Å². The summed E-state index contributed by atoms with van der Waals surface area (Å²) in [5.74, 6) is -2.41. The smallest absolute Gasteiger partial charge is 0.265 e. The number of ether oxygens (including phenoxy) is 1. The SMILES string of the molecule is CS(=O)(=O)Nc1cc(Cl)cc(NC(=O)c2cc(-c3ncc(F)cc3OCc3cc(F)cc(F)c3)c(C3CC3)s2)c1. The van der Waals surface area contributed by atoms with Crippen molar-refractivity contribution in [2.75, 3.05) is 16.3 Å². The predicted octanol–water partition coefficient (Wildman–Crippen LogP) is 6.96. The largest absolute Gasteiger partial charge is 0.487 e. The summed E-state index contributed by atoms with van der Waals surface area (Å²) in [6.07, 6.45) is 3.84. The zero-order chi connectivity index (χ0) is 28.6. The van der Waals surface area contributed by atoms with Gasteiger partial charge in [-0.1, -0.05) is 11.6 Å².